The summed E-state index contributed by atoms with van der Waals surface area (Å²) in [5, 5.41) is 3.41. The number of nitrogens with one attached hydrogen (secondary N) is 1. The van der Waals surface area contributed by atoms with Gasteiger partial charge >= 0.3 is 0 Å². The highest BCUT2D eigenvalue weighted by Gasteiger charge is 2.31. The first-order chi connectivity index (χ1) is 13.2. The third-order valence-corrected chi connectivity index (χ3v) is 5.54. The van der Waals surface area contributed by atoms with E-state index in [1.54, 1.807) is 12.3 Å². The van der Waals surface area contributed by atoms with Crippen molar-refractivity contribution < 1.29 is 4.39 Å². The van der Waals surface area contributed by atoms with E-state index >= 15 is 0 Å². The zero-order chi connectivity index (χ0) is 18.4. The summed E-state index contributed by atoms with van der Waals surface area (Å²) in [6.07, 6.45) is 3.74. The molecule has 0 aliphatic carbocycles. The van der Waals surface area contributed by atoms with E-state index in [1.807, 2.05) is 0 Å². The van der Waals surface area contributed by atoms with Gasteiger partial charge in [-0.25, -0.2) is 9.82 Å². The van der Waals surface area contributed by atoms with Gasteiger partial charge in [0.2, 0.25) is 0 Å². The van der Waals surface area contributed by atoms with Crippen LogP contribution in [0.25, 0.3) is 10.9 Å². The van der Waals surface area contributed by atoms with Crippen LogP contribution in [0.2, 0.25) is 0 Å². The fraction of sp³-hybridized carbons (Fsp3) is 0.286. The van der Waals surface area contributed by atoms with Gasteiger partial charge in [-0.15, -0.1) is 0 Å². The molecule has 1 fully saturated rings. The summed E-state index contributed by atoms with van der Waals surface area (Å²) in [6, 6.07) is 13.6. The first-order valence-corrected chi connectivity index (χ1v) is 9.29. The molecule has 4 heterocycles. The molecule has 1 atom stereocenters. The zero-order valence-electron chi connectivity index (χ0n) is 15.3. The summed E-state index contributed by atoms with van der Waals surface area (Å²) < 4.78 is 16.3. The molecule has 0 spiro atoms. The molecular formula is C21H22FN5. The van der Waals surface area contributed by atoms with E-state index in [0.717, 1.165) is 26.2 Å². The number of hydrogen-bond acceptors (Lipinski definition) is 4. The van der Waals surface area contributed by atoms with Crippen LogP contribution in [-0.4, -0.2) is 39.1 Å². The Morgan fingerprint density at radius 1 is 1.19 bits per heavy atom. The highest BCUT2D eigenvalue weighted by molar-refractivity contribution is 5.81. The van der Waals surface area contributed by atoms with Crippen LogP contribution in [0.5, 0.6) is 0 Å². The lowest BCUT2D eigenvalue weighted by atomic mass is 10.1. The minimum Gasteiger partial charge on any atom is -0.346 e. The number of rotatable bonds is 3. The van der Waals surface area contributed by atoms with Crippen molar-refractivity contribution >= 4 is 10.9 Å². The first kappa shape index (κ1) is 16.5. The van der Waals surface area contributed by atoms with Crippen LogP contribution in [-0.2, 0) is 13.6 Å². The van der Waals surface area contributed by atoms with E-state index in [4.69, 9.17) is 0 Å². The van der Waals surface area contributed by atoms with Gasteiger partial charge in [-0.2, -0.15) is 0 Å². The van der Waals surface area contributed by atoms with E-state index in [9.17, 15) is 4.39 Å². The van der Waals surface area contributed by atoms with Crippen molar-refractivity contribution in [1.29, 1.82) is 0 Å². The standard InChI is InChI=1S/C21H22FN5/c1-25-16(11-15-5-2-3-7-20(15)25)13-26-9-10-27-17(14-26)12-19(24-27)21-18(22)6-4-8-23-21/h2-8,11-12,19,24H,9-10,13-14H2,1H3. The minimum absolute atomic E-state index is 0.196. The predicted molar refractivity (Wildman–Crippen MR) is 103 cm³/mol. The van der Waals surface area contributed by atoms with Crippen molar-refractivity contribution in [2.45, 2.75) is 12.6 Å². The molecule has 5 nitrogen and oxygen atoms in total. The topological polar surface area (TPSA) is 36.3 Å². The molecule has 138 valence electrons. The quantitative estimate of drug-likeness (QED) is 0.776. The van der Waals surface area contributed by atoms with Crippen molar-refractivity contribution in [3.05, 3.63) is 77.6 Å². The smallest absolute Gasteiger partial charge is 0.146 e. The molecule has 2 aromatic heterocycles. The number of pyridine rings is 1. The average Bonchev–Trinajstić information content (AvgIpc) is 3.23. The van der Waals surface area contributed by atoms with E-state index in [2.05, 4.69) is 68.3 Å². The number of nitrogens with zero attached hydrogens (tertiary/aromatic N) is 4. The maximum absolute atomic E-state index is 14.1. The second-order valence-electron chi connectivity index (χ2n) is 7.25. The van der Waals surface area contributed by atoms with Crippen molar-refractivity contribution in [3.8, 4) is 0 Å². The van der Waals surface area contributed by atoms with Crippen LogP contribution in [0.15, 0.2) is 60.4 Å². The Balaban J connectivity index is 1.35. The third-order valence-electron chi connectivity index (χ3n) is 5.54. The Labute approximate surface area is 157 Å². The van der Waals surface area contributed by atoms with Crippen LogP contribution < -0.4 is 5.43 Å². The summed E-state index contributed by atoms with van der Waals surface area (Å²) in [4.78, 5) is 6.66. The molecule has 0 amide bonds. The van der Waals surface area contributed by atoms with Crippen LogP contribution in [0.4, 0.5) is 4.39 Å². The van der Waals surface area contributed by atoms with Gasteiger partial charge in [0.1, 0.15) is 5.82 Å². The molecule has 0 saturated carbocycles. The Bertz CT molecular complexity index is 1020. The van der Waals surface area contributed by atoms with Gasteiger partial charge < -0.3 is 9.58 Å². The number of hydrazine groups is 1. The van der Waals surface area contributed by atoms with Gasteiger partial charge in [0.25, 0.3) is 0 Å². The zero-order valence-corrected chi connectivity index (χ0v) is 15.3. The molecule has 1 unspecified atom stereocenters. The van der Waals surface area contributed by atoms with Gasteiger partial charge in [-0.3, -0.25) is 9.88 Å². The monoisotopic (exact) mass is 363 g/mol. The SMILES string of the molecule is Cn1c(CN2CCN3NC(c4ncccc4F)C=C3C2)cc2ccccc21. The Morgan fingerprint density at radius 2 is 2.07 bits per heavy atom. The molecule has 3 aromatic rings. The molecule has 5 rings (SSSR count). The number of para-hydroxylation sites is 1. The third kappa shape index (κ3) is 2.91. The lowest BCUT2D eigenvalue weighted by Gasteiger charge is -2.35. The van der Waals surface area contributed by atoms with Crippen molar-refractivity contribution in [1.82, 2.24) is 24.9 Å². The van der Waals surface area contributed by atoms with Crippen molar-refractivity contribution in [2.24, 2.45) is 7.05 Å². The second kappa shape index (κ2) is 6.48. The number of benzene rings is 1. The molecule has 2 aliphatic heterocycles. The first-order valence-electron chi connectivity index (χ1n) is 9.29. The van der Waals surface area contributed by atoms with Crippen LogP contribution in [0.1, 0.15) is 17.4 Å². The van der Waals surface area contributed by atoms with Gasteiger partial charge in [0, 0.05) is 56.3 Å². The highest BCUT2D eigenvalue weighted by atomic mass is 19.1. The molecule has 2 aliphatic rings. The molecule has 1 aromatic carbocycles. The normalized spacial score (nSPS) is 20.1. The van der Waals surface area contributed by atoms with Gasteiger partial charge in [0.05, 0.1) is 11.7 Å². The Hall–Kier alpha value is -2.70. The van der Waals surface area contributed by atoms with Crippen LogP contribution in [0.3, 0.4) is 0 Å². The largest absolute Gasteiger partial charge is 0.346 e. The van der Waals surface area contributed by atoms with Crippen molar-refractivity contribution in [2.75, 3.05) is 19.6 Å². The molecule has 1 N–H and O–H groups in total. The molecule has 0 radical (unpaired) electrons. The van der Waals surface area contributed by atoms with Gasteiger partial charge in [-0.1, -0.05) is 18.2 Å². The van der Waals surface area contributed by atoms with Crippen LogP contribution in [0, 0.1) is 5.82 Å². The Morgan fingerprint density at radius 3 is 2.93 bits per heavy atom. The lowest BCUT2D eigenvalue weighted by Crippen LogP contribution is -2.47. The number of piperazine rings is 1. The maximum Gasteiger partial charge on any atom is 0.146 e. The second-order valence-corrected chi connectivity index (χ2v) is 7.25. The van der Waals surface area contributed by atoms with Gasteiger partial charge in [-0.05, 0) is 35.7 Å². The average molecular weight is 363 g/mol. The minimum atomic E-state index is -0.265. The van der Waals surface area contributed by atoms with E-state index in [0.29, 0.717) is 5.69 Å². The summed E-state index contributed by atoms with van der Waals surface area (Å²) in [5.41, 5.74) is 7.59. The number of fused-ring (bicyclic) bond motifs is 2. The van der Waals surface area contributed by atoms with Crippen molar-refractivity contribution in [3.63, 3.8) is 0 Å². The predicted octanol–water partition coefficient (Wildman–Crippen LogP) is 2.97. The number of aromatic nitrogens is 2. The van der Waals surface area contributed by atoms with E-state index in [1.165, 1.54) is 28.4 Å². The highest BCUT2D eigenvalue weighted by Crippen LogP contribution is 2.28. The molecule has 27 heavy (non-hydrogen) atoms. The molecule has 0 bridgehead atoms. The Kier molecular flexibility index (Phi) is 3.95. The molecule has 6 heteroatoms. The summed E-state index contributed by atoms with van der Waals surface area (Å²) >= 11 is 0. The number of aryl methyl sites for hydroxylation is 1. The number of halogens is 1. The lowest BCUT2D eigenvalue weighted by molar-refractivity contribution is 0.137. The van der Waals surface area contributed by atoms with E-state index in [-0.39, 0.29) is 11.9 Å². The molecular weight excluding hydrogens is 341 g/mol. The number of hydrogen-bond donors (Lipinski definition) is 1. The van der Waals surface area contributed by atoms with Crippen LogP contribution >= 0.6 is 0 Å². The fourth-order valence-electron chi connectivity index (χ4n) is 4.09. The fourth-order valence-corrected chi connectivity index (χ4v) is 4.09. The summed E-state index contributed by atoms with van der Waals surface area (Å²) in [7, 11) is 2.13. The summed E-state index contributed by atoms with van der Waals surface area (Å²) in [5.74, 6) is -0.265. The summed E-state index contributed by atoms with van der Waals surface area (Å²) in [6.45, 7) is 3.59. The maximum atomic E-state index is 14.1. The molecule has 1 saturated heterocycles. The van der Waals surface area contributed by atoms with Gasteiger partial charge in [0.15, 0.2) is 0 Å². The van der Waals surface area contributed by atoms with E-state index < -0.39 is 0 Å².